The van der Waals surface area contributed by atoms with Gasteiger partial charge in [-0.05, 0) is 30.3 Å². The van der Waals surface area contributed by atoms with Gasteiger partial charge in [-0.15, -0.1) is 0 Å². The molecule has 0 aliphatic carbocycles. The van der Waals surface area contributed by atoms with Crippen LogP contribution in [0.4, 0.5) is 0 Å². The molecule has 0 saturated carbocycles. The number of imidazole rings is 1. The summed E-state index contributed by atoms with van der Waals surface area (Å²) in [5.74, 6) is -0.107. The van der Waals surface area contributed by atoms with E-state index < -0.39 is 0 Å². The highest BCUT2D eigenvalue weighted by Crippen LogP contribution is 2.30. The van der Waals surface area contributed by atoms with Gasteiger partial charge in [0.1, 0.15) is 6.29 Å². The zero-order chi connectivity index (χ0) is 16.7. The van der Waals surface area contributed by atoms with Crippen molar-refractivity contribution in [1.29, 1.82) is 0 Å². The van der Waals surface area contributed by atoms with Gasteiger partial charge in [-0.25, -0.2) is 4.98 Å². The number of nitrogens with one attached hydrogen (secondary N) is 1. The average Bonchev–Trinajstić information content (AvgIpc) is 3.18. The smallest absolute Gasteiger partial charge is 0.251 e. The van der Waals surface area contributed by atoms with Gasteiger partial charge in [-0.2, -0.15) is 0 Å². The summed E-state index contributed by atoms with van der Waals surface area (Å²) in [5.41, 5.74) is 4.12. The Morgan fingerprint density at radius 2 is 2.00 bits per heavy atom. The van der Waals surface area contributed by atoms with Crippen LogP contribution in [0.15, 0.2) is 48.7 Å². The normalized spacial score (nSPS) is 11.0. The second-order valence-corrected chi connectivity index (χ2v) is 6.39. The lowest BCUT2D eigenvalue weighted by Gasteiger charge is -2.01. The Morgan fingerprint density at radius 3 is 2.71 bits per heavy atom. The van der Waals surface area contributed by atoms with E-state index in [0.717, 1.165) is 32.7 Å². The molecule has 4 aromatic rings. The average molecular weight is 335 g/mol. The minimum absolute atomic E-state index is 0.107. The highest BCUT2D eigenvalue weighted by molar-refractivity contribution is 7.23. The Bertz CT molecular complexity index is 1080. The van der Waals surface area contributed by atoms with E-state index in [-0.39, 0.29) is 5.91 Å². The van der Waals surface area contributed by atoms with Gasteiger partial charge in [0.15, 0.2) is 4.96 Å². The molecule has 2 aromatic heterocycles. The number of aldehydes is 1. The number of fused-ring (bicyclic) bond motifs is 3. The molecule has 0 saturated heterocycles. The van der Waals surface area contributed by atoms with Gasteiger partial charge in [0.25, 0.3) is 5.91 Å². The van der Waals surface area contributed by atoms with Gasteiger partial charge in [-0.3, -0.25) is 14.0 Å². The highest BCUT2D eigenvalue weighted by Gasteiger charge is 2.11. The third kappa shape index (κ3) is 2.28. The van der Waals surface area contributed by atoms with Crippen molar-refractivity contribution in [2.24, 2.45) is 0 Å². The summed E-state index contributed by atoms with van der Waals surface area (Å²) in [5, 5.41) is 2.61. The molecular weight excluding hydrogens is 322 g/mol. The van der Waals surface area contributed by atoms with E-state index in [9.17, 15) is 9.59 Å². The zero-order valence-electron chi connectivity index (χ0n) is 12.8. The van der Waals surface area contributed by atoms with Gasteiger partial charge in [0.05, 0.1) is 15.9 Å². The van der Waals surface area contributed by atoms with Gasteiger partial charge in [-0.1, -0.05) is 23.5 Å². The van der Waals surface area contributed by atoms with Crippen molar-refractivity contribution in [3.05, 3.63) is 59.8 Å². The Balaban J connectivity index is 1.77. The molecule has 0 fully saturated rings. The fraction of sp³-hybridized carbons (Fsp3) is 0.0556. The second-order valence-electron chi connectivity index (χ2n) is 5.38. The molecule has 24 heavy (non-hydrogen) atoms. The minimum atomic E-state index is -0.107. The Kier molecular flexibility index (Phi) is 3.39. The first-order valence-corrected chi connectivity index (χ1v) is 8.20. The number of aromatic nitrogens is 2. The molecule has 2 heterocycles. The molecule has 0 aliphatic heterocycles. The van der Waals surface area contributed by atoms with Crippen LogP contribution < -0.4 is 5.32 Å². The van der Waals surface area contributed by atoms with Crippen molar-refractivity contribution in [3.63, 3.8) is 0 Å². The van der Waals surface area contributed by atoms with Crippen LogP contribution in [-0.4, -0.2) is 28.6 Å². The lowest BCUT2D eigenvalue weighted by atomic mass is 10.1. The van der Waals surface area contributed by atoms with Gasteiger partial charge in [0.2, 0.25) is 0 Å². The Morgan fingerprint density at radius 1 is 1.21 bits per heavy atom. The molecule has 0 spiro atoms. The lowest BCUT2D eigenvalue weighted by molar-refractivity contribution is 0.0962. The topological polar surface area (TPSA) is 63.5 Å². The van der Waals surface area contributed by atoms with E-state index in [1.165, 1.54) is 0 Å². The highest BCUT2D eigenvalue weighted by atomic mass is 32.1. The molecule has 0 radical (unpaired) electrons. The van der Waals surface area contributed by atoms with Crippen molar-refractivity contribution in [2.75, 3.05) is 7.05 Å². The van der Waals surface area contributed by atoms with Crippen LogP contribution in [-0.2, 0) is 0 Å². The molecular formula is C18H13N3O2S. The molecule has 0 unspecified atom stereocenters. The monoisotopic (exact) mass is 335 g/mol. The molecule has 2 aromatic carbocycles. The molecule has 0 aliphatic rings. The van der Waals surface area contributed by atoms with Gasteiger partial charge in [0, 0.05) is 29.9 Å². The lowest BCUT2D eigenvalue weighted by Crippen LogP contribution is -2.17. The fourth-order valence-corrected chi connectivity index (χ4v) is 3.72. The maximum atomic E-state index is 11.6. The summed E-state index contributed by atoms with van der Waals surface area (Å²) in [7, 11) is 1.61. The van der Waals surface area contributed by atoms with Crippen LogP contribution in [0, 0.1) is 0 Å². The van der Waals surface area contributed by atoms with Crippen LogP contribution in [0.25, 0.3) is 26.4 Å². The van der Waals surface area contributed by atoms with Crippen molar-refractivity contribution < 1.29 is 9.59 Å². The molecule has 5 nitrogen and oxygen atoms in total. The third-order valence-corrected chi connectivity index (χ3v) is 4.94. The SMILES string of the molecule is CNC(=O)c1ccc(-c2cn3c(n2)sc2cc(C=O)ccc23)cc1. The van der Waals surface area contributed by atoms with E-state index >= 15 is 0 Å². The second kappa shape index (κ2) is 5.58. The predicted octanol–water partition coefficient (Wildman–Crippen LogP) is 3.39. The van der Waals surface area contributed by atoms with Gasteiger partial charge < -0.3 is 5.32 Å². The van der Waals surface area contributed by atoms with Crippen molar-refractivity contribution >= 4 is 38.7 Å². The molecule has 4 rings (SSSR count). The maximum absolute atomic E-state index is 11.6. The number of thiazole rings is 1. The van der Waals surface area contributed by atoms with E-state index in [4.69, 9.17) is 0 Å². The molecule has 0 bridgehead atoms. The number of hydrogen-bond acceptors (Lipinski definition) is 4. The molecule has 1 amide bonds. The summed E-state index contributed by atoms with van der Waals surface area (Å²) >= 11 is 1.55. The standard InChI is InChI=1S/C18H13N3O2S/c1-19-17(23)13-5-3-12(4-6-13)14-9-21-15-7-2-11(10-22)8-16(15)24-18(21)20-14/h2-10H,1H3,(H,19,23). The van der Waals surface area contributed by atoms with E-state index in [2.05, 4.69) is 10.3 Å². The first-order chi connectivity index (χ1) is 11.7. The first kappa shape index (κ1) is 14.6. The van der Waals surface area contributed by atoms with Crippen LogP contribution in [0.2, 0.25) is 0 Å². The van der Waals surface area contributed by atoms with E-state index in [1.807, 2.05) is 34.9 Å². The summed E-state index contributed by atoms with van der Waals surface area (Å²) in [6.45, 7) is 0. The molecule has 6 heteroatoms. The molecule has 1 N–H and O–H groups in total. The Hall–Kier alpha value is -2.99. The Labute approximate surface area is 141 Å². The largest absolute Gasteiger partial charge is 0.355 e. The fourth-order valence-electron chi connectivity index (χ4n) is 2.67. The van der Waals surface area contributed by atoms with E-state index in [0.29, 0.717) is 11.1 Å². The summed E-state index contributed by atoms with van der Waals surface area (Å²) in [4.78, 5) is 28.0. The number of carbonyl (C=O) groups is 2. The third-order valence-electron chi connectivity index (χ3n) is 3.92. The van der Waals surface area contributed by atoms with Crippen LogP contribution >= 0.6 is 11.3 Å². The minimum Gasteiger partial charge on any atom is -0.355 e. The number of carbonyl (C=O) groups excluding carboxylic acids is 2. The number of nitrogens with zero attached hydrogens (tertiary/aromatic N) is 2. The molecule has 0 atom stereocenters. The summed E-state index contributed by atoms with van der Waals surface area (Å²) < 4.78 is 3.06. The number of benzene rings is 2. The summed E-state index contributed by atoms with van der Waals surface area (Å²) in [6.07, 6.45) is 2.82. The van der Waals surface area contributed by atoms with Crippen molar-refractivity contribution in [2.45, 2.75) is 0 Å². The molecule has 118 valence electrons. The number of hydrogen-bond donors (Lipinski definition) is 1. The number of rotatable bonds is 3. The van der Waals surface area contributed by atoms with Crippen LogP contribution in [0.5, 0.6) is 0 Å². The first-order valence-electron chi connectivity index (χ1n) is 7.39. The predicted molar refractivity (Wildman–Crippen MR) is 94.8 cm³/mol. The van der Waals surface area contributed by atoms with Crippen LogP contribution in [0.3, 0.4) is 0 Å². The van der Waals surface area contributed by atoms with Crippen molar-refractivity contribution in [1.82, 2.24) is 14.7 Å². The maximum Gasteiger partial charge on any atom is 0.251 e. The summed E-state index contributed by atoms with van der Waals surface area (Å²) in [6, 6.07) is 13.0. The zero-order valence-corrected chi connectivity index (χ0v) is 13.6. The van der Waals surface area contributed by atoms with Crippen molar-refractivity contribution in [3.8, 4) is 11.3 Å². The van der Waals surface area contributed by atoms with E-state index in [1.54, 1.807) is 36.6 Å². The van der Waals surface area contributed by atoms with Crippen LogP contribution in [0.1, 0.15) is 20.7 Å². The number of amides is 1. The quantitative estimate of drug-likeness (QED) is 0.584. The van der Waals surface area contributed by atoms with Gasteiger partial charge >= 0.3 is 0 Å².